The first-order valence-corrected chi connectivity index (χ1v) is 8.07. The number of nitrogens with zero attached hydrogens (tertiary/aromatic N) is 3. The molecule has 1 aromatic carbocycles. The molecule has 25 heavy (non-hydrogen) atoms. The maximum Gasteiger partial charge on any atom is 0.258 e. The lowest BCUT2D eigenvalue weighted by molar-refractivity contribution is -0.123. The minimum absolute atomic E-state index is 0.0590. The Hall–Kier alpha value is -2.86. The molecule has 0 unspecified atom stereocenters. The molecule has 0 saturated carbocycles. The third kappa shape index (κ3) is 4.58. The molecule has 0 saturated heterocycles. The zero-order valence-corrected chi connectivity index (χ0v) is 14.4. The average molecular weight is 357 g/mol. The summed E-state index contributed by atoms with van der Waals surface area (Å²) in [5.74, 6) is 0.389. The van der Waals surface area contributed by atoms with Crippen LogP contribution in [0.2, 0.25) is 5.02 Å². The number of amides is 1. The fourth-order valence-electron chi connectivity index (χ4n) is 2.31. The zero-order valence-electron chi connectivity index (χ0n) is 13.6. The van der Waals surface area contributed by atoms with E-state index in [4.69, 9.17) is 16.3 Å². The van der Waals surface area contributed by atoms with Crippen molar-refractivity contribution in [3.63, 3.8) is 0 Å². The summed E-state index contributed by atoms with van der Waals surface area (Å²) < 4.78 is 7.19. The van der Waals surface area contributed by atoms with E-state index in [0.717, 1.165) is 16.8 Å². The van der Waals surface area contributed by atoms with Crippen LogP contribution in [0.1, 0.15) is 5.56 Å². The highest BCUT2D eigenvalue weighted by atomic mass is 35.5. The number of nitrogens with one attached hydrogen (secondary N) is 1. The number of benzene rings is 1. The van der Waals surface area contributed by atoms with Crippen LogP contribution in [0.5, 0.6) is 5.75 Å². The molecule has 1 amide bonds. The summed E-state index contributed by atoms with van der Waals surface area (Å²) in [6.45, 7) is 0.317. The van der Waals surface area contributed by atoms with Crippen molar-refractivity contribution < 1.29 is 9.53 Å². The Morgan fingerprint density at radius 1 is 1.24 bits per heavy atom. The number of pyridine rings is 1. The summed E-state index contributed by atoms with van der Waals surface area (Å²) in [4.78, 5) is 16.2. The molecule has 0 fully saturated rings. The van der Waals surface area contributed by atoms with Gasteiger partial charge in [-0.05, 0) is 42.0 Å². The van der Waals surface area contributed by atoms with Gasteiger partial charge in [-0.15, -0.1) is 0 Å². The van der Waals surface area contributed by atoms with Crippen molar-refractivity contribution in [1.82, 2.24) is 20.1 Å². The van der Waals surface area contributed by atoms with E-state index in [-0.39, 0.29) is 12.5 Å². The van der Waals surface area contributed by atoms with Crippen LogP contribution in [0.3, 0.4) is 0 Å². The molecule has 0 spiro atoms. The minimum atomic E-state index is -0.208. The highest BCUT2D eigenvalue weighted by molar-refractivity contribution is 6.30. The summed E-state index contributed by atoms with van der Waals surface area (Å²) in [5, 5.41) is 7.59. The lowest BCUT2D eigenvalue weighted by atomic mass is 10.1. The second-order valence-corrected chi connectivity index (χ2v) is 5.88. The first-order valence-electron chi connectivity index (χ1n) is 7.69. The summed E-state index contributed by atoms with van der Waals surface area (Å²) >= 11 is 5.81. The molecule has 7 heteroatoms. The summed E-state index contributed by atoms with van der Waals surface area (Å²) in [5.41, 5.74) is 2.81. The molecule has 0 aliphatic heterocycles. The van der Waals surface area contributed by atoms with E-state index in [9.17, 15) is 4.79 Å². The Bertz CT molecular complexity index is 862. The highest BCUT2D eigenvalue weighted by Crippen LogP contribution is 2.18. The summed E-state index contributed by atoms with van der Waals surface area (Å²) in [6.07, 6.45) is 5.23. The Labute approximate surface area is 150 Å². The van der Waals surface area contributed by atoms with E-state index in [2.05, 4.69) is 15.4 Å². The van der Waals surface area contributed by atoms with Crippen LogP contribution in [0.25, 0.3) is 11.3 Å². The smallest absolute Gasteiger partial charge is 0.258 e. The molecule has 3 aromatic rings. The van der Waals surface area contributed by atoms with Crippen molar-refractivity contribution in [2.45, 2.75) is 6.54 Å². The van der Waals surface area contributed by atoms with Gasteiger partial charge in [-0.25, -0.2) is 0 Å². The van der Waals surface area contributed by atoms with Crippen molar-refractivity contribution in [3.05, 3.63) is 65.6 Å². The normalized spacial score (nSPS) is 10.5. The maximum atomic E-state index is 11.9. The fraction of sp³-hybridized carbons (Fsp3) is 0.167. The van der Waals surface area contributed by atoms with E-state index in [1.807, 2.05) is 19.2 Å². The first kappa shape index (κ1) is 17.0. The molecule has 128 valence electrons. The SMILES string of the molecule is Cn1nccc1-c1cncc(CNC(=O)COc2ccc(Cl)cc2)c1. The van der Waals surface area contributed by atoms with Gasteiger partial charge in [0, 0.05) is 42.8 Å². The van der Waals surface area contributed by atoms with Gasteiger partial charge in [0.15, 0.2) is 6.61 Å². The van der Waals surface area contributed by atoms with Crippen LogP contribution in [0, 0.1) is 0 Å². The third-order valence-electron chi connectivity index (χ3n) is 3.58. The van der Waals surface area contributed by atoms with Crippen LogP contribution in [-0.4, -0.2) is 27.3 Å². The van der Waals surface area contributed by atoms with Gasteiger partial charge in [0.2, 0.25) is 0 Å². The zero-order chi connectivity index (χ0) is 17.6. The molecule has 2 heterocycles. The number of hydrogen-bond acceptors (Lipinski definition) is 4. The number of halogens is 1. The van der Waals surface area contributed by atoms with Crippen molar-refractivity contribution >= 4 is 17.5 Å². The molecule has 6 nitrogen and oxygen atoms in total. The Balaban J connectivity index is 1.54. The molecule has 1 N–H and O–H groups in total. The van der Waals surface area contributed by atoms with Crippen LogP contribution in [0.4, 0.5) is 0 Å². The number of carbonyl (C=O) groups excluding carboxylic acids is 1. The quantitative estimate of drug-likeness (QED) is 0.737. The van der Waals surface area contributed by atoms with E-state index in [1.54, 1.807) is 47.5 Å². The first-order chi connectivity index (χ1) is 12.1. The molecule has 3 rings (SSSR count). The van der Waals surface area contributed by atoms with Gasteiger partial charge in [-0.1, -0.05) is 11.6 Å². The van der Waals surface area contributed by atoms with E-state index < -0.39 is 0 Å². The van der Waals surface area contributed by atoms with Crippen molar-refractivity contribution in [2.24, 2.45) is 7.05 Å². The Morgan fingerprint density at radius 3 is 2.76 bits per heavy atom. The molecular weight excluding hydrogens is 340 g/mol. The van der Waals surface area contributed by atoms with Crippen LogP contribution in [0.15, 0.2) is 55.0 Å². The molecule has 0 bridgehead atoms. The Morgan fingerprint density at radius 2 is 2.04 bits per heavy atom. The molecular formula is C18H17ClN4O2. The predicted octanol–water partition coefficient (Wildman–Crippen LogP) is 2.83. The van der Waals surface area contributed by atoms with E-state index in [0.29, 0.717) is 17.3 Å². The maximum absolute atomic E-state index is 11.9. The Kier molecular flexibility index (Phi) is 5.30. The number of aryl methyl sites for hydroxylation is 1. The third-order valence-corrected chi connectivity index (χ3v) is 3.84. The largest absolute Gasteiger partial charge is 0.484 e. The van der Waals surface area contributed by atoms with Crippen LogP contribution >= 0.6 is 11.6 Å². The van der Waals surface area contributed by atoms with Gasteiger partial charge < -0.3 is 10.1 Å². The van der Waals surface area contributed by atoms with Crippen molar-refractivity contribution in [2.75, 3.05) is 6.61 Å². The molecule has 0 radical (unpaired) electrons. The predicted molar refractivity (Wildman–Crippen MR) is 95.2 cm³/mol. The molecule has 2 aromatic heterocycles. The number of ether oxygens (including phenoxy) is 1. The average Bonchev–Trinajstić information content (AvgIpc) is 3.06. The summed E-state index contributed by atoms with van der Waals surface area (Å²) in [6, 6.07) is 10.8. The van der Waals surface area contributed by atoms with Gasteiger partial charge >= 0.3 is 0 Å². The van der Waals surface area contributed by atoms with Crippen LogP contribution in [-0.2, 0) is 18.4 Å². The topological polar surface area (TPSA) is 69.0 Å². The lowest BCUT2D eigenvalue weighted by Crippen LogP contribution is -2.28. The van der Waals surface area contributed by atoms with E-state index in [1.165, 1.54) is 0 Å². The van der Waals surface area contributed by atoms with Gasteiger partial charge in [0.25, 0.3) is 5.91 Å². The number of rotatable bonds is 6. The van der Waals surface area contributed by atoms with Crippen molar-refractivity contribution in [3.8, 4) is 17.0 Å². The monoisotopic (exact) mass is 356 g/mol. The molecule has 0 aliphatic carbocycles. The van der Waals surface area contributed by atoms with Gasteiger partial charge in [0.1, 0.15) is 5.75 Å². The number of aromatic nitrogens is 3. The van der Waals surface area contributed by atoms with Gasteiger partial charge in [-0.2, -0.15) is 5.10 Å². The number of carbonyl (C=O) groups is 1. The molecule has 0 aliphatic rings. The minimum Gasteiger partial charge on any atom is -0.484 e. The van der Waals surface area contributed by atoms with Crippen molar-refractivity contribution in [1.29, 1.82) is 0 Å². The number of hydrogen-bond donors (Lipinski definition) is 1. The second-order valence-electron chi connectivity index (χ2n) is 5.44. The van der Waals surface area contributed by atoms with E-state index >= 15 is 0 Å². The standard InChI is InChI=1S/C18H17ClN4O2/c1-23-17(6-7-22-23)14-8-13(9-20-11-14)10-21-18(24)12-25-16-4-2-15(19)3-5-16/h2-9,11H,10,12H2,1H3,(H,21,24). The highest BCUT2D eigenvalue weighted by Gasteiger charge is 2.06. The fourth-order valence-corrected chi connectivity index (χ4v) is 2.44. The molecule has 0 atom stereocenters. The lowest BCUT2D eigenvalue weighted by Gasteiger charge is -2.09. The second kappa shape index (κ2) is 7.81. The summed E-state index contributed by atoms with van der Waals surface area (Å²) in [7, 11) is 1.87. The van der Waals surface area contributed by atoms with Crippen LogP contribution < -0.4 is 10.1 Å². The van der Waals surface area contributed by atoms with Gasteiger partial charge in [-0.3, -0.25) is 14.5 Å². The van der Waals surface area contributed by atoms with Gasteiger partial charge in [0.05, 0.1) is 5.69 Å².